The van der Waals surface area contributed by atoms with E-state index in [4.69, 9.17) is 0 Å². The number of hydrogen-bond acceptors (Lipinski definition) is 12. The van der Waals surface area contributed by atoms with E-state index in [0.29, 0.717) is 0 Å². The third-order valence-electron chi connectivity index (χ3n) is 4.72. The average molecular weight is 489 g/mol. The number of pyridine rings is 3. The molecule has 0 amide bonds. The molecule has 3 heterocycles. The van der Waals surface area contributed by atoms with Gasteiger partial charge in [0.15, 0.2) is 0 Å². The van der Waals surface area contributed by atoms with Crippen molar-refractivity contribution in [3.05, 3.63) is 104 Å². The van der Waals surface area contributed by atoms with Crippen LogP contribution in [0.5, 0.6) is 0 Å². The van der Waals surface area contributed by atoms with Crippen molar-refractivity contribution in [3.8, 4) is 0 Å². The Bertz CT molecular complexity index is 1240. The Balaban J connectivity index is 2.10. The van der Waals surface area contributed by atoms with E-state index in [0.717, 1.165) is 0 Å². The van der Waals surface area contributed by atoms with Crippen molar-refractivity contribution < 1.29 is 14.8 Å². The molecule has 15 nitrogen and oxygen atoms in total. The average Bonchev–Trinajstić information content (AvgIpc) is 2.85. The molecule has 3 aromatic heterocycles. The minimum absolute atomic E-state index is 0.0325. The van der Waals surface area contributed by atoms with Crippen molar-refractivity contribution in [3.63, 3.8) is 0 Å². The molecule has 3 N–H and O–H groups in total. The van der Waals surface area contributed by atoms with Crippen molar-refractivity contribution in [1.29, 1.82) is 0 Å². The van der Waals surface area contributed by atoms with Gasteiger partial charge in [-0.1, -0.05) is 18.2 Å². The summed E-state index contributed by atoms with van der Waals surface area (Å²) in [5, 5.41) is 44.5. The molecule has 0 aliphatic carbocycles. The summed E-state index contributed by atoms with van der Waals surface area (Å²) >= 11 is 0. The molecule has 0 unspecified atom stereocenters. The van der Waals surface area contributed by atoms with Crippen LogP contribution in [0.4, 0.5) is 51.6 Å². The number of nitro groups is 3. The van der Waals surface area contributed by atoms with Crippen LogP contribution in [0.15, 0.2) is 73.2 Å². The number of benzene rings is 1. The Morgan fingerprint density at radius 3 is 0.972 bits per heavy atom. The van der Waals surface area contributed by atoms with Gasteiger partial charge in [0.25, 0.3) is 0 Å². The number of nitro benzene ring substituents is 3. The van der Waals surface area contributed by atoms with Gasteiger partial charge in [0.2, 0.25) is 17.1 Å². The Hall–Kier alpha value is -5.73. The van der Waals surface area contributed by atoms with Crippen LogP contribution in [0.2, 0.25) is 0 Å². The van der Waals surface area contributed by atoms with Gasteiger partial charge >= 0.3 is 17.1 Å². The highest BCUT2D eigenvalue weighted by Gasteiger charge is 2.43. The second kappa shape index (κ2) is 10.0. The van der Waals surface area contributed by atoms with Gasteiger partial charge in [-0.25, -0.2) is 15.0 Å². The zero-order chi connectivity index (χ0) is 25.7. The van der Waals surface area contributed by atoms with E-state index in [1.54, 1.807) is 36.4 Å². The highest BCUT2D eigenvalue weighted by atomic mass is 16.6. The molecule has 0 aliphatic rings. The molecule has 4 rings (SSSR count). The molecule has 4 aromatic rings. The molecular weight excluding hydrogens is 474 g/mol. The van der Waals surface area contributed by atoms with Crippen LogP contribution >= 0.6 is 0 Å². The maximum absolute atomic E-state index is 12.2. The molecule has 0 saturated carbocycles. The summed E-state index contributed by atoms with van der Waals surface area (Å²) in [6.45, 7) is 0. The molecule has 0 bridgehead atoms. The van der Waals surface area contributed by atoms with Crippen LogP contribution in [0.1, 0.15) is 0 Å². The Kier molecular flexibility index (Phi) is 6.53. The summed E-state index contributed by atoms with van der Waals surface area (Å²) in [5.74, 6) is 0.0976. The van der Waals surface area contributed by atoms with Crippen LogP contribution in [-0.2, 0) is 0 Å². The first-order valence-electron chi connectivity index (χ1n) is 10.1. The predicted molar refractivity (Wildman–Crippen MR) is 129 cm³/mol. The van der Waals surface area contributed by atoms with Gasteiger partial charge in [0.1, 0.15) is 17.5 Å². The number of nitrogens with one attached hydrogen (secondary N) is 3. The van der Waals surface area contributed by atoms with Crippen molar-refractivity contribution in [2.75, 3.05) is 16.0 Å². The lowest BCUT2D eigenvalue weighted by Crippen LogP contribution is -2.12. The predicted octanol–water partition coefficient (Wildman–Crippen LogP) is 4.83. The molecule has 0 fully saturated rings. The van der Waals surface area contributed by atoms with Crippen LogP contribution in [0.3, 0.4) is 0 Å². The topological polar surface area (TPSA) is 204 Å². The monoisotopic (exact) mass is 489 g/mol. The quantitative estimate of drug-likeness (QED) is 0.214. The third-order valence-corrected chi connectivity index (χ3v) is 4.72. The van der Waals surface area contributed by atoms with Crippen LogP contribution in [0.25, 0.3) is 0 Å². The van der Waals surface area contributed by atoms with E-state index in [1.807, 2.05) is 0 Å². The SMILES string of the molecule is O=[N+]([O-])c1c(Nc2ccccn2)c([N+](=O)[O-])c(Nc2ccccn2)c([N+](=O)[O-])c1Nc1ccccn1. The highest BCUT2D eigenvalue weighted by molar-refractivity contribution is 6.03. The van der Waals surface area contributed by atoms with Crippen LogP contribution in [-0.4, -0.2) is 29.7 Å². The van der Waals surface area contributed by atoms with Crippen molar-refractivity contribution in [2.45, 2.75) is 0 Å². The van der Waals surface area contributed by atoms with E-state index >= 15 is 0 Å². The maximum atomic E-state index is 12.2. The Morgan fingerprint density at radius 1 is 0.500 bits per heavy atom. The number of hydrogen-bond donors (Lipinski definition) is 3. The van der Waals surface area contributed by atoms with Gasteiger partial charge < -0.3 is 16.0 Å². The van der Waals surface area contributed by atoms with Gasteiger partial charge in [-0.05, 0) is 36.4 Å². The molecule has 0 atom stereocenters. The van der Waals surface area contributed by atoms with E-state index in [2.05, 4.69) is 30.9 Å². The molecule has 1 aromatic carbocycles. The normalized spacial score (nSPS) is 10.3. The van der Waals surface area contributed by atoms with Crippen molar-refractivity contribution in [2.24, 2.45) is 0 Å². The number of nitrogens with zero attached hydrogens (tertiary/aromatic N) is 6. The van der Waals surface area contributed by atoms with Gasteiger partial charge in [-0.3, -0.25) is 30.3 Å². The summed E-state index contributed by atoms with van der Waals surface area (Å²) in [6, 6.07) is 13.7. The minimum Gasteiger partial charge on any atom is -0.329 e. The first-order valence-corrected chi connectivity index (χ1v) is 10.1. The standard InChI is InChI=1S/C21H15N9O6/c31-28(32)19-16(25-13-7-1-4-10-22-13)20(29(33)34)18(27-15-9-3-6-12-24-15)21(30(35)36)17(19)26-14-8-2-5-11-23-14/h1-12H,(H,22,25)(H,23,26)(H,24,27). The van der Waals surface area contributed by atoms with Crippen molar-refractivity contribution >= 4 is 51.6 Å². The van der Waals surface area contributed by atoms with E-state index in [1.165, 1.54) is 36.8 Å². The summed E-state index contributed by atoms with van der Waals surface area (Å²) in [4.78, 5) is 45.9. The van der Waals surface area contributed by atoms with E-state index in [9.17, 15) is 30.3 Å². The second-order valence-corrected chi connectivity index (χ2v) is 6.96. The lowest BCUT2D eigenvalue weighted by Gasteiger charge is -2.16. The molecule has 0 aliphatic heterocycles. The molecule has 0 radical (unpaired) electrons. The summed E-state index contributed by atoms with van der Waals surface area (Å²) in [5.41, 5.74) is -4.74. The van der Waals surface area contributed by atoms with Gasteiger partial charge in [0.05, 0.1) is 14.8 Å². The lowest BCUT2D eigenvalue weighted by molar-refractivity contribution is -0.399. The minimum atomic E-state index is -0.957. The number of aromatic nitrogens is 3. The first-order chi connectivity index (χ1) is 17.4. The molecule has 0 spiro atoms. The largest absolute Gasteiger partial charge is 0.330 e. The summed E-state index contributed by atoms with van der Waals surface area (Å²) in [7, 11) is 0. The Labute approximate surface area is 201 Å². The van der Waals surface area contributed by atoms with E-state index in [-0.39, 0.29) is 17.5 Å². The zero-order valence-corrected chi connectivity index (χ0v) is 18.1. The summed E-state index contributed by atoms with van der Waals surface area (Å²) in [6.07, 6.45) is 4.10. The maximum Gasteiger partial charge on any atom is 0.330 e. The van der Waals surface area contributed by atoms with Crippen molar-refractivity contribution in [1.82, 2.24) is 15.0 Å². The first kappa shape index (κ1) is 23.4. The molecule has 180 valence electrons. The van der Waals surface area contributed by atoms with Crippen LogP contribution in [0, 0.1) is 30.3 Å². The second-order valence-electron chi connectivity index (χ2n) is 6.96. The molecular formula is C21H15N9O6. The fourth-order valence-corrected chi connectivity index (χ4v) is 3.31. The molecule has 36 heavy (non-hydrogen) atoms. The van der Waals surface area contributed by atoms with Gasteiger partial charge in [-0.2, -0.15) is 0 Å². The van der Waals surface area contributed by atoms with E-state index < -0.39 is 48.9 Å². The van der Waals surface area contributed by atoms with Crippen LogP contribution < -0.4 is 16.0 Å². The molecule has 0 saturated heterocycles. The number of rotatable bonds is 9. The van der Waals surface area contributed by atoms with Gasteiger partial charge in [0, 0.05) is 18.6 Å². The Morgan fingerprint density at radius 2 is 0.778 bits per heavy atom. The fourth-order valence-electron chi connectivity index (χ4n) is 3.31. The lowest BCUT2D eigenvalue weighted by atomic mass is 10.1. The van der Waals surface area contributed by atoms with Gasteiger partial charge in [-0.15, -0.1) is 0 Å². The number of anilines is 6. The zero-order valence-electron chi connectivity index (χ0n) is 18.1. The smallest absolute Gasteiger partial charge is 0.329 e. The fraction of sp³-hybridized carbons (Fsp3) is 0. The highest BCUT2D eigenvalue weighted by Crippen LogP contribution is 2.54. The molecule has 15 heteroatoms. The summed E-state index contributed by atoms with van der Waals surface area (Å²) < 4.78 is 0. The third kappa shape index (κ3) is 4.79.